The summed E-state index contributed by atoms with van der Waals surface area (Å²) in [7, 11) is 0. The van der Waals surface area contributed by atoms with E-state index in [-0.39, 0.29) is 23.8 Å². The molecular weight excluding hydrogens is 193 g/mol. The molecule has 2 nitrogen and oxygen atoms in total. The van der Waals surface area contributed by atoms with Crippen molar-refractivity contribution in [1.82, 2.24) is 0 Å². The number of nitrogens with two attached hydrogens (primary N) is 1. The molecule has 0 amide bonds. The standard InChI is InChI=1S/C9H10FNO.ClH/c10-8-3-1-7(2-4-8)9(11)5-12-6-9;/h1-4H,5-6,11H2;1H. The minimum absolute atomic E-state index is 0. The van der Waals surface area contributed by atoms with Crippen LogP contribution < -0.4 is 5.73 Å². The molecule has 0 aliphatic carbocycles. The number of benzene rings is 1. The molecule has 0 unspecified atom stereocenters. The Labute approximate surface area is 82.3 Å². The minimum atomic E-state index is -0.381. The Bertz CT molecular complexity index is 284. The second-order valence-electron chi connectivity index (χ2n) is 3.16. The van der Waals surface area contributed by atoms with Gasteiger partial charge in [-0.2, -0.15) is 0 Å². The maximum atomic E-state index is 12.5. The molecule has 0 spiro atoms. The molecule has 1 saturated heterocycles. The highest BCUT2D eigenvalue weighted by Gasteiger charge is 2.35. The lowest BCUT2D eigenvalue weighted by Gasteiger charge is -2.38. The summed E-state index contributed by atoms with van der Waals surface area (Å²) in [5, 5.41) is 0. The van der Waals surface area contributed by atoms with Crippen LogP contribution in [0, 0.1) is 5.82 Å². The summed E-state index contributed by atoms with van der Waals surface area (Å²) in [4.78, 5) is 0. The van der Waals surface area contributed by atoms with Crippen molar-refractivity contribution < 1.29 is 9.13 Å². The van der Waals surface area contributed by atoms with Crippen molar-refractivity contribution >= 4 is 12.4 Å². The molecule has 1 aromatic carbocycles. The highest BCUT2D eigenvalue weighted by molar-refractivity contribution is 5.85. The molecule has 4 heteroatoms. The SMILES string of the molecule is Cl.NC1(c2ccc(F)cc2)COC1. The van der Waals surface area contributed by atoms with Gasteiger partial charge in [0, 0.05) is 0 Å². The molecule has 0 bridgehead atoms. The molecule has 2 N–H and O–H groups in total. The largest absolute Gasteiger partial charge is 0.377 e. The second-order valence-corrected chi connectivity index (χ2v) is 3.16. The molecule has 0 atom stereocenters. The van der Waals surface area contributed by atoms with E-state index in [2.05, 4.69) is 0 Å². The molecule has 13 heavy (non-hydrogen) atoms. The van der Waals surface area contributed by atoms with Crippen LogP contribution in [0.5, 0.6) is 0 Å². The lowest BCUT2D eigenvalue weighted by molar-refractivity contribution is -0.0569. The van der Waals surface area contributed by atoms with Crippen LogP contribution >= 0.6 is 12.4 Å². The van der Waals surface area contributed by atoms with Crippen molar-refractivity contribution in [3.05, 3.63) is 35.6 Å². The smallest absolute Gasteiger partial charge is 0.123 e. The van der Waals surface area contributed by atoms with E-state index < -0.39 is 0 Å². The molecule has 1 fully saturated rings. The molecule has 0 saturated carbocycles. The first-order valence-corrected chi connectivity index (χ1v) is 3.83. The van der Waals surface area contributed by atoms with Crippen molar-refractivity contribution in [2.45, 2.75) is 5.54 Å². The van der Waals surface area contributed by atoms with Gasteiger partial charge in [0.2, 0.25) is 0 Å². The predicted molar refractivity (Wildman–Crippen MR) is 50.3 cm³/mol. The van der Waals surface area contributed by atoms with Gasteiger partial charge in [-0.3, -0.25) is 0 Å². The van der Waals surface area contributed by atoms with Crippen LogP contribution in [-0.4, -0.2) is 13.2 Å². The van der Waals surface area contributed by atoms with Crippen LogP contribution in [0.25, 0.3) is 0 Å². The maximum Gasteiger partial charge on any atom is 0.123 e. The normalized spacial score (nSPS) is 18.6. The van der Waals surface area contributed by atoms with E-state index in [4.69, 9.17) is 10.5 Å². The molecule has 1 heterocycles. The molecule has 0 aromatic heterocycles. The molecule has 1 aliphatic heterocycles. The fraction of sp³-hybridized carbons (Fsp3) is 0.333. The molecule has 1 aliphatic rings. The Morgan fingerprint density at radius 1 is 1.23 bits per heavy atom. The van der Waals surface area contributed by atoms with Gasteiger partial charge in [-0.1, -0.05) is 12.1 Å². The van der Waals surface area contributed by atoms with Crippen LogP contribution in [0.1, 0.15) is 5.56 Å². The van der Waals surface area contributed by atoms with E-state index in [1.807, 2.05) is 0 Å². The summed E-state index contributed by atoms with van der Waals surface area (Å²) < 4.78 is 17.5. The highest BCUT2D eigenvalue weighted by atomic mass is 35.5. The van der Waals surface area contributed by atoms with Crippen LogP contribution in [-0.2, 0) is 10.3 Å². The van der Waals surface area contributed by atoms with Gasteiger partial charge in [0.15, 0.2) is 0 Å². The first-order chi connectivity index (χ1) is 5.71. The molecule has 1 aromatic rings. The quantitative estimate of drug-likeness (QED) is 0.750. The van der Waals surface area contributed by atoms with Gasteiger partial charge < -0.3 is 10.5 Å². The highest BCUT2D eigenvalue weighted by Crippen LogP contribution is 2.26. The van der Waals surface area contributed by atoms with E-state index in [1.54, 1.807) is 12.1 Å². The number of rotatable bonds is 1. The molecule has 72 valence electrons. The fourth-order valence-electron chi connectivity index (χ4n) is 1.27. The summed E-state index contributed by atoms with van der Waals surface area (Å²) in [6.45, 7) is 1.05. The second kappa shape index (κ2) is 3.62. The van der Waals surface area contributed by atoms with Gasteiger partial charge in [0.1, 0.15) is 5.82 Å². The van der Waals surface area contributed by atoms with E-state index in [0.29, 0.717) is 13.2 Å². The minimum Gasteiger partial charge on any atom is -0.377 e. The van der Waals surface area contributed by atoms with Gasteiger partial charge in [-0.05, 0) is 17.7 Å². The Morgan fingerprint density at radius 2 is 1.77 bits per heavy atom. The van der Waals surface area contributed by atoms with E-state index in [9.17, 15) is 4.39 Å². The summed E-state index contributed by atoms with van der Waals surface area (Å²) in [6.07, 6.45) is 0. The average Bonchev–Trinajstić information content (AvgIpc) is 2.02. The van der Waals surface area contributed by atoms with Crippen LogP contribution in [0.15, 0.2) is 24.3 Å². The number of hydrogen-bond acceptors (Lipinski definition) is 2. The van der Waals surface area contributed by atoms with Gasteiger partial charge in [0.05, 0.1) is 18.8 Å². The first kappa shape index (κ1) is 10.4. The average molecular weight is 204 g/mol. The van der Waals surface area contributed by atoms with Gasteiger partial charge >= 0.3 is 0 Å². The van der Waals surface area contributed by atoms with Crippen LogP contribution in [0.4, 0.5) is 4.39 Å². The zero-order chi connectivity index (χ0) is 8.60. The number of halogens is 2. The van der Waals surface area contributed by atoms with Crippen molar-refractivity contribution in [2.24, 2.45) is 5.73 Å². The van der Waals surface area contributed by atoms with Crippen LogP contribution in [0.2, 0.25) is 0 Å². The number of ether oxygens (including phenoxy) is 1. The molecular formula is C9H11ClFNO. The lowest BCUT2D eigenvalue weighted by Crippen LogP contribution is -2.54. The summed E-state index contributed by atoms with van der Waals surface area (Å²) in [5.41, 5.74) is 6.49. The van der Waals surface area contributed by atoms with Crippen molar-refractivity contribution in [3.8, 4) is 0 Å². The Balaban J connectivity index is 0.000000845. The van der Waals surface area contributed by atoms with Crippen molar-refractivity contribution in [2.75, 3.05) is 13.2 Å². The van der Waals surface area contributed by atoms with Crippen molar-refractivity contribution in [1.29, 1.82) is 0 Å². The fourth-order valence-corrected chi connectivity index (χ4v) is 1.27. The summed E-state index contributed by atoms with van der Waals surface area (Å²) >= 11 is 0. The lowest BCUT2D eigenvalue weighted by atomic mass is 9.89. The summed E-state index contributed by atoms with van der Waals surface area (Å²) in [6, 6.07) is 6.25. The van der Waals surface area contributed by atoms with Crippen LogP contribution in [0.3, 0.4) is 0 Å². The number of hydrogen-bond donors (Lipinski definition) is 1. The predicted octanol–water partition coefficient (Wildman–Crippen LogP) is 1.43. The Morgan fingerprint density at radius 3 is 2.15 bits per heavy atom. The van der Waals surface area contributed by atoms with Gasteiger partial charge in [-0.25, -0.2) is 4.39 Å². The van der Waals surface area contributed by atoms with Crippen molar-refractivity contribution in [3.63, 3.8) is 0 Å². The third-order valence-electron chi connectivity index (χ3n) is 2.14. The zero-order valence-corrected chi connectivity index (χ0v) is 7.81. The Hall–Kier alpha value is -0.640. The zero-order valence-electron chi connectivity index (χ0n) is 7.00. The van der Waals surface area contributed by atoms with Gasteiger partial charge in [-0.15, -0.1) is 12.4 Å². The third kappa shape index (κ3) is 1.82. The Kier molecular flexibility index (Phi) is 2.91. The molecule has 0 radical (unpaired) electrons. The van der Waals surface area contributed by atoms with E-state index in [1.165, 1.54) is 12.1 Å². The summed E-state index contributed by atoms with van der Waals surface area (Å²) in [5.74, 6) is -0.234. The maximum absolute atomic E-state index is 12.5. The van der Waals surface area contributed by atoms with Gasteiger partial charge in [0.25, 0.3) is 0 Å². The monoisotopic (exact) mass is 203 g/mol. The third-order valence-corrected chi connectivity index (χ3v) is 2.14. The molecule has 2 rings (SSSR count). The van der Waals surface area contributed by atoms with E-state index >= 15 is 0 Å². The van der Waals surface area contributed by atoms with E-state index in [0.717, 1.165) is 5.56 Å². The first-order valence-electron chi connectivity index (χ1n) is 3.83. The topological polar surface area (TPSA) is 35.2 Å².